The fourth-order valence-electron chi connectivity index (χ4n) is 3.18. The largest absolute Gasteiger partial charge is 0.496 e. The fraction of sp³-hybridized carbons (Fsp3) is 0.316. The molecule has 23 heavy (non-hydrogen) atoms. The Balaban J connectivity index is 2.50. The smallest absolute Gasteiger partial charge is 0.311 e. The van der Waals surface area contributed by atoms with Gasteiger partial charge in [-0.1, -0.05) is 29.3 Å². The Hall–Kier alpha value is -2.00. The normalized spacial score (nSPS) is 12.0. The molecule has 0 saturated heterocycles. The van der Waals surface area contributed by atoms with E-state index in [1.54, 1.807) is 25.3 Å². The molecule has 0 aliphatic rings. The van der Waals surface area contributed by atoms with Crippen LogP contribution in [0.2, 0.25) is 5.02 Å². The number of hydrogen-bond donors (Lipinski definition) is 1. The topological polar surface area (TPSA) is 46.5 Å². The molecule has 2 rings (SSSR count). The molecular weight excluding hydrogens is 312 g/mol. The Labute approximate surface area is 141 Å². The fourth-order valence-corrected chi connectivity index (χ4v) is 3.37. The van der Waals surface area contributed by atoms with E-state index in [4.69, 9.17) is 16.3 Å². The van der Waals surface area contributed by atoms with Crippen molar-refractivity contribution in [2.75, 3.05) is 7.11 Å². The first-order valence-corrected chi connectivity index (χ1v) is 7.84. The maximum Gasteiger partial charge on any atom is 0.311 e. The summed E-state index contributed by atoms with van der Waals surface area (Å²) < 4.78 is 5.34. The highest BCUT2D eigenvalue weighted by atomic mass is 35.5. The number of aryl methyl sites for hydroxylation is 3. The summed E-state index contributed by atoms with van der Waals surface area (Å²) in [5, 5.41) is 10.3. The van der Waals surface area contributed by atoms with Crippen molar-refractivity contribution in [2.45, 2.75) is 33.1 Å². The second kappa shape index (κ2) is 7.05. The van der Waals surface area contributed by atoms with Crippen LogP contribution in [0.15, 0.2) is 30.3 Å². The lowest BCUT2D eigenvalue weighted by Gasteiger charge is -2.20. The lowest BCUT2D eigenvalue weighted by Crippen LogP contribution is -2.17. The maximum atomic E-state index is 11.9. The number of benzene rings is 2. The zero-order valence-corrected chi connectivity index (χ0v) is 14.6. The number of ether oxygens (including phenoxy) is 1. The van der Waals surface area contributed by atoms with E-state index in [-0.39, 0.29) is 0 Å². The molecular formula is C19H21ClO3. The van der Waals surface area contributed by atoms with Gasteiger partial charge in [-0.05, 0) is 67.6 Å². The van der Waals surface area contributed by atoms with Gasteiger partial charge in [0.15, 0.2) is 0 Å². The summed E-state index contributed by atoms with van der Waals surface area (Å²) in [7, 11) is 1.57. The van der Waals surface area contributed by atoms with Crippen LogP contribution >= 0.6 is 11.6 Å². The van der Waals surface area contributed by atoms with Gasteiger partial charge in [-0.2, -0.15) is 0 Å². The van der Waals surface area contributed by atoms with Crippen molar-refractivity contribution in [3.8, 4) is 5.75 Å². The van der Waals surface area contributed by atoms with Crippen LogP contribution in [0.5, 0.6) is 5.75 Å². The predicted molar refractivity (Wildman–Crippen MR) is 92.7 cm³/mol. The summed E-state index contributed by atoms with van der Waals surface area (Å²) in [6, 6.07) is 9.32. The van der Waals surface area contributed by atoms with E-state index in [0.717, 1.165) is 27.8 Å². The minimum Gasteiger partial charge on any atom is -0.496 e. The molecule has 0 amide bonds. The molecule has 122 valence electrons. The molecule has 2 aromatic rings. The van der Waals surface area contributed by atoms with Crippen molar-refractivity contribution in [1.82, 2.24) is 0 Å². The van der Waals surface area contributed by atoms with Crippen LogP contribution in [0.3, 0.4) is 0 Å². The third-order valence-corrected chi connectivity index (χ3v) is 4.29. The number of carbonyl (C=O) groups is 1. The van der Waals surface area contributed by atoms with Crippen LogP contribution in [-0.2, 0) is 11.2 Å². The molecule has 0 radical (unpaired) electrons. The van der Waals surface area contributed by atoms with Gasteiger partial charge in [0.1, 0.15) is 5.75 Å². The zero-order chi connectivity index (χ0) is 17.1. The Morgan fingerprint density at radius 2 is 1.78 bits per heavy atom. The van der Waals surface area contributed by atoms with Crippen molar-refractivity contribution in [3.05, 3.63) is 63.2 Å². The van der Waals surface area contributed by atoms with Crippen molar-refractivity contribution in [3.63, 3.8) is 0 Å². The van der Waals surface area contributed by atoms with Crippen LogP contribution in [0, 0.1) is 20.8 Å². The van der Waals surface area contributed by atoms with Gasteiger partial charge in [0.05, 0.1) is 13.0 Å². The second-order valence-corrected chi connectivity index (χ2v) is 6.30. The van der Waals surface area contributed by atoms with Crippen molar-refractivity contribution >= 4 is 17.6 Å². The first-order chi connectivity index (χ1) is 10.8. The van der Waals surface area contributed by atoms with Gasteiger partial charge in [-0.25, -0.2) is 0 Å². The highest BCUT2D eigenvalue weighted by molar-refractivity contribution is 6.30. The van der Waals surface area contributed by atoms with Crippen LogP contribution in [0.1, 0.15) is 33.7 Å². The third kappa shape index (κ3) is 3.85. The molecule has 0 bridgehead atoms. The van der Waals surface area contributed by atoms with Crippen molar-refractivity contribution < 1.29 is 14.6 Å². The average molecular weight is 333 g/mol. The van der Waals surface area contributed by atoms with Crippen LogP contribution < -0.4 is 4.74 Å². The minimum absolute atomic E-state index is 0.337. The van der Waals surface area contributed by atoms with E-state index < -0.39 is 11.9 Å². The Kier molecular flexibility index (Phi) is 5.32. The number of rotatable bonds is 5. The summed E-state index contributed by atoms with van der Waals surface area (Å²) in [6.45, 7) is 5.93. The summed E-state index contributed by atoms with van der Waals surface area (Å²) in [4.78, 5) is 11.9. The van der Waals surface area contributed by atoms with Gasteiger partial charge in [0.25, 0.3) is 0 Å². The number of methoxy groups -OCH3 is 1. The number of hydrogen-bond acceptors (Lipinski definition) is 2. The Morgan fingerprint density at radius 1 is 1.17 bits per heavy atom. The monoisotopic (exact) mass is 332 g/mol. The summed E-state index contributed by atoms with van der Waals surface area (Å²) in [5.74, 6) is -0.826. The van der Waals surface area contributed by atoms with Gasteiger partial charge < -0.3 is 9.84 Å². The van der Waals surface area contributed by atoms with E-state index in [1.165, 1.54) is 0 Å². The van der Waals surface area contributed by atoms with Gasteiger partial charge in [-0.3, -0.25) is 4.79 Å². The standard InChI is InChI=1S/C19H21ClO3/c1-11-7-12(2)18(13(3)8-11)16(19(21)22)10-14-9-15(20)5-6-17(14)23-4/h5-9,16H,10H2,1-4H3,(H,21,22). The van der Waals surface area contributed by atoms with Crippen LogP contribution in [-0.4, -0.2) is 18.2 Å². The van der Waals surface area contributed by atoms with E-state index in [0.29, 0.717) is 17.2 Å². The summed E-state index contributed by atoms with van der Waals surface area (Å²) >= 11 is 6.06. The maximum absolute atomic E-state index is 11.9. The number of halogens is 1. The van der Waals surface area contributed by atoms with E-state index in [2.05, 4.69) is 0 Å². The lowest BCUT2D eigenvalue weighted by molar-refractivity contribution is -0.138. The van der Waals surface area contributed by atoms with Crippen LogP contribution in [0.25, 0.3) is 0 Å². The highest BCUT2D eigenvalue weighted by Crippen LogP contribution is 2.32. The van der Waals surface area contributed by atoms with E-state index in [1.807, 2.05) is 32.9 Å². The average Bonchev–Trinajstić information content (AvgIpc) is 2.45. The first-order valence-electron chi connectivity index (χ1n) is 7.46. The van der Waals surface area contributed by atoms with Crippen LogP contribution in [0.4, 0.5) is 0 Å². The summed E-state index contributed by atoms with van der Waals surface area (Å²) in [6.07, 6.45) is 0.337. The van der Waals surface area contributed by atoms with E-state index in [9.17, 15) is 9.90 Å². The molecule has 0 aliphatic heterocycles. The number of carboxylic acid groups (broad SMARTS) is 1. The molecule has 0 aromatic heterocycles. The van der Waals surface area contributed by atoms with E-state index >= 15 is 0 Å². The van der Waals surface area contributed by atoms with Gasteiger partial charge in [0.2, 0.25) is 0 Å². The molecule has 0 heterocycles. The molecule has 1 atom stereocenters. The zero-order valence-electron chi connectivity index (χ0n) is 13.8. The molecule has 1 unspecified atom stereocenters. The predicted octanol–water partition coefficient (Wildman–Crippen LogP) is 4.68. The number of aliphatic carboxylic acids is 1. The molecule has 1 N–H and O–H groups in total. The minimum atomic E-state index is -0.845. The SMILES string of the molecule is COc1ccc(Cl)cc1CC(C(=O)O)c1c(C)cc(C)cc1C. The Bertz CT molecular complexity index is 714. The Morgan fingerprint density at radius 3 is 2.30 bits per heavy atom. The molecule has 0 fully saturated rings. The second-order valence-electron chi connectivity index (χ2n) is 5.86. The highest BCUT2D eigenvalue weighted by Gasteiger charge is 2.25. The first kappa shape index (κ1) is 17.4. The lowest BCUT2D eigenvalue weighted by atomic mass is 9.85. The molecule has 2 aromatic carbocycles. The number of carboxylic acids is 1. The molecule has 0 spiro atoms. The quantitative estimate of drug-likeness (QED) is 0.864. The molecule has 0 saturated carbocycles. The van der Waals surface area contributed by atoms with Gasteiger partial charge in [0, 0.05) is 5.02 Å². The third-order valence-electron chi connectivity index (χ3n) is 4.05. The van der Waals surface area contributed by atoms with Gasteiger partial charge >= 0.3 is 5.97 Å². The van der Waals surface area contributed by atoms with Crippen molar-refractivity contribution in [2.24, 2.45) is 0 Å². The van der Waals surface area contributed by atoms with Crippen molar-refractivity contribution in [1.29, 1.82) is 0 Å². The van der Waals surface area contributed by atoms with Gasteiger partial charge in [-0.15, -0.1) is 0 Å². The summed E-state index contributed by atoms with van der Waals surface area (Å²) in [5.41, 5.74) is 4.79. The molecule has 0 aliphatic carbocycles. The molecule has 4 heteroatoms. The molecule has 3 nitrogen and oxygen atoms in total.